The van der Waals surface area contributed by atoms with Crippen molar-refractivity contribution in [3.05, 3.63) is 121 Å². The Kier molecular flexibility index (Phi) is 6.46. The van der Waals surface area contributed by atoms with E-state index in [0.29, 0.717) is 16.4 Å². The Morgan fingerprint density at radius 3 is 2.42 bits per heavy atom. The molecule has 33 heavy (non-hydrogen) atoms. The topological polar surface area (TPSA) is 98.9 Å². The maximum absolute atomic E-state index is 13.2. The molecule has 2 aromatic heterocycles. The smallest absolute Gasteiger partial charge is 0.345 e. The Bertz CT molecular complexity index is 1410. The average molecular weight is 462 g/mol. The molecule has 0 radical (unpaired) electrons. The standard InChI is InChI=1S/C24H20ClN5O3/c1-16-6-2-3-7-17(16)15-29-23(32)21(22(31)27-14-19-8-4-5-13-26-19)28-30(24(29)33)20-11-9-18(25)10-12-20/h2-13H,14-15H2,1H3,(H,27,31). The summed E-state index contributed by atoms with van der Waals surface area (Å²) in [6.45, 7) is 2.00. The highest BCUT2D eigenvalue weighted by Crippen LogP contribution is 2.12. The van der Waals surface area contributed by atoms with Crippen LogP contribution >= 0.6 is 11.6 Å². The predicted molar refractivity (Wildman–Crippen MR) is 125 cm³/mol. The number of nitrogens with zero attached hydrogens (tertiary/aromatic N) is 4. The summed E-state index contributed by atoms with van der Waals surface area (Å²) in [4.78, 5) is 43.5. The van der Waals surface area contributed by atoms with Crippen LogP contribution in [0.3, 0.4) is 0 Å². The number of aryl methyl sites for hydroxylation is 1. The minimum atomic E-state index is -0.771. The first kappa shape index (κ1) is 22.2. The Morgan fingerprint density at radius 2 is 1.73 bits per heavy atom. The molecule has 0 saturated carbocycles. The number of rotatable bonds is 6. The van der Waals surface area contributed by atoms with Gasteiger partial charge in [0.1, 0.15) is 0 Å². The molecule has 0 fully saturated rings. The van der Waals surface area contributed by atoms with Crippen molar-refractivity contribution in [1.29, 1.82) is 0 Å². The highest BCUT2D eigenvalue weighted by atomic mass is 35.5. The van der Waals surface area contributed by atoms with Gasteiger partial charge < -0.3 is 5.32 Å². The van der Waals surface area contributed by atoms with E-state index in [-0.39, 0.29) is 13.1 Å². The molecule has 9 heteroatoms. The fourth-order valence-corrected chi connectivity index (χ4v) is 3.39. The first-order valence-corrected chi connectivity index (χ1v) is 10.5. The van der Waals surface area contributed by atoms with E-state index in [0.717, 1.165) is 20.4 Å². The van der Waals surface area contributed by atoms with Crippen molar-refractivity contribution in [3.63, 3.8) is 0 Å². The van der Waals surface area contributed by atoms with Crippen LogP contribution in [0.1, 0.15) is 27.3 Å². The fraction of sp³-hybridized carbons (Fsp3) is 0.125. The molecule has 0 aliphatic carbocycles. The third kappa shape index (κ3) is 4.91. The monoisotopic (exact) mass is 461 g/mol. The first-order chi connectivity index (χ1) is 15.9. The number of nitrogens with one attached hydrogen (secondary N) is 1. The molecule has 0 spiro atoms. The van der Waals surface area contributed by atoms with Crippen LogP contribution in [-0.4, -0.2) is 25.2 Å². The van der Waals surface area contributed by atoms with Crippen molar-refractivity contribution in [1.82, 2.24) is 24.6 Å². The van der Waals surface area contributed by atoms with E-state index in [1.54, 1.807) is 48.7 Å². The van der Waals surface area contributed by atoms with Gasteiger partial charge in [0.2, 0.25) is 5.69 Å². The highest BCUT2D eigenvalue weighted by Gasteiger charge is 2.21. The Labute approximate surface area is 194 Å². The molecule has 0 unspecified atom stereocenters. The van der Waals surface area contributed by atoms with E-state index in [4.69, 9.17) is 11.6 Å². The van der Waals surface area contributed by atoms with E-state index in [9.17, 15) is 14.4 Å². The second kappa shape index (κ2) is 9.62. The van der Waals surface area contributed by atoms with E-state index in [1.165, 1.54) is 0 Å². The zero-order valence-electron chi connectivity index (χ0n) is 17.7. The molecule has 0 saturated heterocycles. The van der Waals surface area contributed by atoms with E-state index in [1.807, 2.05) is 31.2 Å². The van der Waals surface area contributed by atoms with Gasteiger partial charge in [-0.3, -0.25) is 19.1 Å². The Morgan fingerprint density at radius 1 is 1.00 bits per heavy atom. The predicted octanol–water partition coefficient (Wildman–Crippen LogP) is 2.73. The Balaban J connectivity index is 1.79. The lowest BCUT2D eigenvalue weighted by Gasteiger charge is -2.13. The van der Waals surface area contributed by atoms with Gasteiger partial charge in [0.15, 0.2) is 0 Å². The second-order valence-electron chi connectivity index (χ2n) is 7.34. The fourth-order valence-electron chi connectivity index (χ4n) is 3.26. The summed E-state index contributed by atoms with van der Waals surface area (Å²) in [6, 6.07) is 19.1. The minimum Gasteiger partial charge on any atom is -0.345 e. The van der Waals surface area contributed by atoms with Gasteiger partial charge in [-0.2, -0.15) is 9.78 Å². The molecule has 4 rings (SSSR count). The molecule has 8 nitrogen and oxygen atoms in total. The molecular weight excluding hydrogens is 442 g/mol. The number of halogens is 1. The molecule has 0 atom stereocenters. The van der Waals surface area contributed by atoms with Crippen LogP contribution in [0.4, 0.5) is 0 Å². The van der Waals surface area contributed by atoms with Gasteiger partial charge >= 0.3 is 5.69 Å². The van der Waals surface area contributed by atoms with Gasteiger partial charge in [-0.25, -0.2) is 4.79 Å². The summed E-state index contributed by atoms with van der Waals surface area (Å²) in [5.74, 6) is -0.702. The van der Waals surface area contributed by atoms with Crippen LogP contribution in [-0.2, 0) is 13.1 Å². The molecule has 0 bridgehead atoms. The number of benzene rings is 2. The molecule has 1 amide bonds. The van der Waals surface area contributed by atoms with Crippen molar-refractivity contribution in [2.75, 3.05) is 0 Å². The second-order valence-corrected chi connectivity index (χ2v) is 7.78. The van der Waals surface area contributed by atoms with Crippen molar-refractivity contribution in [3.8, 4) is 5.69 Å². The zero-order valence-corrected chi connectivity index (χ0v) is 18.5. The van der Waals surface area contributed by atoms with Gasteiger partial charge in [0.05, 0.1) is 24.5 Å². The summed E-state index contributed by atoms with van der Waals surface area (Å²) >= 11 is 5.97. The van der Waals surface area contributed by atoms with Gasteiger partial charge in [-0.05, 0) is 54.4 Å². The maximum atomic E-state index is 13.2. The van der Waals surface area contributed by atoms with E-state index in [2.05, 4.69) is 15.4 Å². The van der Waals surface area contributed by atoms with Gasteiger partial charge in [-0.15, -0.1) is 0 Å². The Hall–Kier alpha value is -4.04. The molecular formula is C24H20ClN5O3. The van der Waals surface area contributed by atoms with Crippen LogP contribution in [0, 0.1) is 6.92 Å². The average Bonchev–Trinajstić information content (AvgIpc) is 2.83. The summed E-state index contributed by atoms with van der Waals surface area (Å²) in [7, 11) is 0. The van der Waals surface area contributed by atoms with Crippen molar-refractivity contribution in [2.24, 2.45) is 0 Å². The van der Waals surface area contributed by atoms with Crippen LogP contribution in [0.2, 0.25) is 5.02 Å². The molecule has 2 heterocycles. The largest absolute Gasteiger partial charge is 0.352 e. The number of aromatic nitrogens is 4. The minimum absolute atomic E-state index is 0.000963. The maximum Gasteiger partial charge on any atom is 0.352 e. The normalized spacial score (nSPS) is 10.7. The number of pyridine rings is 1. The SMILES string of the molecule is Cc1ccccc1Cn1c(=O)c(C(=O)NCc2ccccn2)nn(-c2ccc(Cl)cc2)c1=O. The summed E-state index contributed by atoms with van der Waals surface area (Å²) in [6.07, 6.45) is 1.61. The first-order valence-electron chi connectivity index (χ1n) is 10.2. The van der Waals surface area contributed by atoms with Crippen molar-refractivity contribution in [2.45, 2.75) is 20.0 Å². The summed E-state index contributed by atoms with van der Waals surface area (Å²) in [5.41, 5.74) is 0.872. The zero-order chi connectivity index (χ0) is 23.4. The van der Waals surface area contributed by atoms with Crippen molar-refractivity contribution >= 4 is 17.5 Å². The number of carbonyl (C=O) groups excluding carboxylic acids is 1. The molecule has 166 valence electrons. The van der Waals surface area contributed by atoms with Crippen LogP contribution in [0.15, 0.2) is 82.5 Å². The number of hydrogen-bond acceptors (Lipinski definition) is 5. The number of carbonyl (C=O) groups is 1. The van der Waals surface area contributed by atoms with E-state index < -0.39 is 22.9 Å². The van der Waals surface area contributed by atoms with Gasteiger partial charge in [0, 0.05) is 11.2 Å². The molecule has 4 aromatic rings. The highest BCUT2D eigenvalue weighted by molar-refractivity contribution is 6.30. The molecule has 0 aliphatic rings. The van der Waals surface area contributed by atoms with Crippen LogP contribution < -0.4 is 16.6 Å². The quantitative estimate of drug-likeness (QED) is 0.476. The number of amides is 1. The third-order valence-corrected chi connectivity index (χ3v) is 5.34. The lowest BCUT2D eigenvalue weighted by molar-refractivity contribution is 0.0940. The summed E-state index contributed by atoms with van der Waals surface area (Å²) < 4.78 is 2.05. The van der Waals surface area contributed by atoms with Crippen LogP contribution in [0.5, 0.6) is 0 Å². The number of hydrogen-bond donors (Lipinski definition) is 1. The molecule has 2 aromatic carbocycles. The van der Waals surface area contributed by atoms with Gasteiger partial charge in [0.25, 0.3) is 11.5 Å². The van der Waals surface area contributed by atoms with Gasteiger partial charge in [-0.1, -0.05) is 41.9 Å². The third-order valence-electron chi connectivity index (χ3n) is 5.09. The van der Waals surface area contributed by atoms with E-state index >= 15 is 0 Å². The summed E-state index contributed by atoms with van der Waals surface area (Å²) in [5, 5.41) is 7.24. The lowest BCUT2D eigenvalue weighted by atomic mass is 10.1. The van der Waals surface area contributed by atoms with Crippen molar-refractivity contribution < 1.29 is 4.79 Å². The molecule has 1 N–H and O–H groups in total. The molecule has 0 aliphatic heterocycles. The lowest BCUT2D eigenvalue weighted by Crippen LogP contribution is -2.46. The van der Waals surface area contributed by atoms with Crippen LogP contribution in [0.25, 0.3) is 5.69 Å².